The highest BCUT2D eigenvalue weighted by molar-refractivity contribution is 5.99. The Morgan fingerprint density at radius 3 is 1.60 bits per heavy atom. The van der Waals surface area contributed by atoms with Gasteiger partial charge in [0.2, 0.25) is 53.2 Å². The SMILES string of the molecule is CC(C)[C@H](NC(=O)[C@@H](N)CCCN=C(N)N)C(=O)N[C@@H](Cc1c[nH]c2ccccc12)C(=O)N[C@@H](CCCN=C(N)N)C(=O)N[C@@H](CC(N)=O)C(=O)NCC(=O)N[C@@H](Cc1ccc(O)cc1)C(=O)N[C@@H](CO)C(=O)N[C@@H](CCCN=C(N)N)C(=O)O. The number of nitrogens with two attached hydrogens (primary N) is 8. The number of carbonyl (C=O) groups is 10. The molecule has 1 heterocycles. The maximum Gasteiger partial charge on any atom is 0.326 e. The van der Waals surface area contributed by atoms with E-state index < -0.39 is 133 Å². The van der Waals surface area contributed by atoms with Gasteiger partial charge in [0, 0.05) is 49.6 Å². The second-order valence-electron chi connectivity index (χ2n) is 20.0. The van der Waals surface area contributed by atoms with Crippen LogP contribution in [0, 0.1) is 5.92 Å². The van der Waals surface area contributed by atoms with Gasteiger partial charge in [0.1, 0.15) is 48.0 Å². The van der Waals surface area contributed by atoms with Gasteiger partial charge >= 0.3 is 5.97 Å². The maximum absolute atomic E-state index is 14.6. The van der Waals surface area contributed by atoms with Crippen molar-refractivity contribution >= 4 is 87.9 Å². The van der Waals surface area contributed by atoms with E-state index in [1.807, 2.05) is 0 Å². The number of nitrogens with one attached hydrogen (secondary N) is 9. The third kappa shape index (κ3) is 25.1. The number of para-hydroxylation sites is 1. The average molecular weight is 1190 g/mol. The minimum atomic E-state index is -1.80. The van der Waals surface area contributed by atoms with Crippen molar-refractivity contribution < 1.29 is 63.3 Å². The number of carboxylic acid groups (broad SMARTS) is 1. The van der Waals surface area contributed by atoms with Crippen LogP contribution in [0.4, 0.5) is 0 Å². The van der Waals surface area contributed by atoms with Crippen molar-refractivity contribution in [2.24, 2.45) is 66.8 Å². The molecule has 3 aromatic rings. The van der Waals surface area contributed by atoms with Crippen LogP contribution in [0.25, 0.3) is 10.9 Å². The molecule has 0 saturated heterocycles. The highest BCUT2D eigenvalue weighted by atomic mass is 16.4. The van der Waals surface area contributed by atoms with Gasteiger partial charge < -0.3 is 109 Å². The van der Waals surface area contributed by atoms with E-state index in [4.69, 9.17) is 45.9 Å². The first kappa shape index (κ1) is 69.5. The molecule has 8 atom stereocenters. The van der Waals surface area contributed by atoms with Gasteiger partial charge in [0.25, 0.3) is 0 Å². The predicted molar refractivity (Wildman–Crippen MR) is 311 cm³/mol. The Kier molecular flexibility index (Phi) is 28.8. The number of benzene rings is 2. The van der Waals surface area contributed by atoms with Crippen LogP contribution in [0.3, 0.4) is 0 Å². The molecule has 2 aromatic carbocycles. The number of aromatic nitrogens is 1. The molecule has 0 saturated carbocycles. The minimum absolute atomic E-state index is 0.0392. The molecule has 0 spiro atoms. The van der Waals surface area contributed by atoms with Crippen LogP contribution in [0.1, 0.15) is 69.9 Å². The van der Waals surface area contributed by atoms with Crippen LogP contribution in [-0.4, -0.2) is 178 Å². The van der Waals surface area contributed by atoms with Crippen molar-refractivity contribution in [2.75, 3.05) is 32.8 Å². The molecule has 0 radical (unpaired) electrons. The van der Waals surface area contributed by atoms with Gasteiger partial charge in [-0.15, -0.1) is 0 Å². The maximum atomic E-state index is 14.6. The normalized spacial score (nSPS) is 13.8. The number of amides is 9. The fourth-order valence-corrected chi connectivity index (χ4v) is 8.28. The number of hydrogen-bond acceptors (Lipinski definition) is 16. The molecule has 9 amide bonds. The van der Waals surface area contributed by atoms with Crippen molar-refractivity contribution in [3.05, 3.63) is 65.9 Å². The van der Waals surface area contributed by atoms with E-state index in [9.17, 15) is 63.3 Å². The van der Waals surface area contributed by atoms with E-state index >= 15 is 0 Å². The number of aliphatic hydroxyl groups excluding tert-OH is 1. The lowest BCUT2D eigenvalue weighted by Gasteiger charge is -2.28. The number of phenolic OH excluding ortho intramolecular Hbond substituents is 1. The standard InChI is InChI=1S/C52H80N20O13/c1-26(2)41(72-42(77)31(53)9-5-17-61-50(55)56)48(83)70-36(21-28-23-64-32-10-4-3-8-30(28)32)46(81)67-33(11-6-18-62-51(57)58)44(79)69-37(22-39(54)75)43(78)65-24-40(76)66-35(20-27-13-15-29(74)16-14-27)45(80)71-38(25-73)47(82)68-34(49(84)85)12-7-19-63-52(59)60/h3-4,8,10,13-16,23,26,31,33-38,41,64,73-74H,5-7,9,11-12,17-22,24-25,53H2,1-2H3,(H2,54,75)(H,65,78)(H,66,76)(H,67,81)(H,68,82)(H,69,79)(H,70,83)(H,71,80)(H,72,77)(H,84,85)(H4,55,56,61)(H4,57,58,62)(H4,59,60,63)/t31-,33-,34-,35-,36-,37-,38-,41-/m0/s1. The van der Waals surface area contributed by atoms with Crippen molar-refractivity contribution in [2.45, 2.75) is 120 Å². The van der Waals surface area contributed by atoms with E-state index in [0.29, 0.717) is 28.5 Å². The monoisotopic (exact) mass is 1190 g/mol. The van der Waals surface area contributed by atoms with Gasteiger partial charge in [-0.2, -0.15) is 0 Å². The molecule has 0 unspecified atom stereocenters. The molecule has 466 valence electrons. The van der Waals surface area contributed by atoms with Gasteiger partial charge in [-0.3, -0.25) is 58.1 Å². The number of nitrogens with zero attached hydrogens (tertiary/aromatic N) is 3. The zero-order valence-corrected chi connectivity index (χ0v) is 47.2. The molecule has 0 bridgehead atoms. The highest BCUT2D eigenvalue weighted by Gasteiger charge is 2.35. The summed E-state index contributed by atoms with van der Waals surface area (Å²) in [6, 6.07) is 0.680. The quantitative estimate of drug-likeness (QED) is 0.0145. The van der Waals surface area contributed by atoms with E-state index in [-0.39, 0.29) is 88.2 Å². The molecule has 85 heavy (non-hydrogen) atoms. The predicted octanol–water partition coefficient (Wildman–Crippen LogP) is -6.74. The Hall–Kier alpha value is -9.79. The lowest BCUT2D eigenvalue weighted by molar-refractivity contribution is -0.142. The van der Waals surface area contributed by atoms with Gasteiger partial charge in [-0.1, -0.05) is 44.2 Å². The van der Waals surface area contributed by atoms with Gasteiger partial charge in [0.05, 0.1) is 25.6 Å². The van der Waals surface area contributed by atoms with E-state index in [1.54, 1.807) is 44.3 Å². The Labute approximate surface area is 488 Å². The molecule has 0 fully saturated rings. The first-order valence-corrected chi connectivity index (χ1v) is 26.9. The number of aliphatic imine (C=N–C) groups is 3. The molecule has 0 aliphatic carbocycles. The number of phenols is 1. The number of H-pyrrole nitrogens is 1. The van der Waals surface area contributed by atoms with Crippen LogP contribution < -0.4 is 88.4 Å². The highest BCUT2D eigenvalue weighted by Crippen LogP contribution is 2.20. The molecule has 33 heteroatoms. The number of carboxylic acids is 1. The molecule has 28 N–H and O–H groups in total. The summed E-state index contributed by atoms with van der Waals surface area (Å²) in [7, 11) is 0. The number of aromatic hydroxyl groups is 1. The molecular formula is C52H80N20O13. The number of aliphatic hydroxyl groups is 1. The van der Waals surface area contributed by atoms with Crippen molar-refractivity contribution in [1.82, 2.24) is 47.5 Å². The molecule has 0 aliphatic heterocycles. The Balaban J connectivity index is 1.88. The van der Waals surface area contributed by atoms with Gasteiger partial charge in [-0.05, 0) is 73.8 Å². The van der Waals surface area contributed by atoms with E-state index in [0.717, 1.165) is 0 Å². The topological polar surface area (TPSA) is 589 Å². The molecule has 33 nitrogen and oxygen atoms in total. The second kappa shape index (κ2) is 35.3. The van der Waals surface area contributed by atoms with E-state index in [1.165, 1.54) is 24.3 Å². The Morgan fingerprint density at radius 2 is 1.05 bits per heavy atom. The summed E-state index contributed by atoms with van der Waals surface area (Å²) in [5.74, 6) is -11.6. The summed E-state index contributed by atoms with van der Waals surface area (Å²) in [6.45, 7) is 1.58. The first-order chi connectivity index (χ1) is 40.2. The summed E-state index contributed by atoms with van der Waals surface area (Å²) in [6.07, 6.45) is 0.675. The number of hydrogen-bond donors (Lipinski definition) is 20. The molecule has 0 aliphatic rings. The van der Waals surface area contributed by atoms with E-state index in [2.05, 4.69) is 62.5 Å². The van der Waals surface area contributed by atoms with Gasteiger partial charge in [0.15, 0.2) is 17.9 Å². The van der Waals surface area contributed by atoms with Crippen molar-refractivity contribution in [3.63, 3.8) is 0 Å². The number of rotatable bonds is 37. The number of fused-ring (bicyclic) bond motifs is 1. The van der Waals surface area contributed by atoms with Gasteiger partial charge in [-0.25, -0.2) is 4.79 Å². The Morgan fingerprint density at radius 1 is 0.553 bits per heavy atom. The zero-order chi connectivity index (χ0) is 63.3. The average Bonchev–Trinajstić information content (AvgIpc) is 3.57. The van der Waals surface area contributed by atoms with Crippen molar-refractivity contribution in [3.8, 4) is 5.75 Å². The first-order valence-electron chi connectivity index (χ1n) is 26.9. The summed E-state index contributed by atoms with van der Waals surface area (Å²) < 4.78 is 0. The summed E-state index contributed by atoms with van der Waals surface area (Å²) in [5.41, 5.74) is 45.7. The summed E-state index contributed by atoms with van der Waals surface area (Å²) in [5, 5.41) is 49.9. The lowest BCUT2D eigenvalue weighted by Crippen LogP contribution is -2.60. The lowest BCUT2D eigenvalue weighted by atomic mass is 9.99. The molecule has 3 rings (SSSR count). The number of aliphatic carboxylic acids is 1. The largest absolute Gasteiger partial charge is 0.508 e. The molecular weight excluding hydrogens is 1110 g/mol. The number of aromatic amines is 1. The summed E-state index contributed by atoms with van der Waals surface area (Å²) in [4.78, 5) is 150. The van der Waals surface area contributed by atoms with Crippen LogP contribution in [-0.2, 0) is 60.8 Å². The van der Waals surface area contributed by atoms with Crippen LogP contribution in [0.5, 0.6) is 5.75 Å². The molecule has 1 aromatic heterocycles. The smallest absolute Gasteiger partial charge is 0.326 e. The summed E-state index contributed by atoms with van der Waals surface area (Å²) >= 11 is 0. The van der Waals surface area contributed by atoms with Crippen LogP contribution >= 0.6 is 0 Å². The fourth-order valence-electron chi connectivity index (χ4n) is 8.28. The Bertz CT molecular complexity index is 2870. The van der Waals surface area contributed by atoms with Crippen LogP contribution in [0.15, 0.2) is 69.7 Å². The second-order valence-corrected chi connectivity index (χ2v) is 20.0. The van der Waals surface area contributed by atoms with Crippen LogP contribution in [0.2, 0.25) is 0 Å². The third-order valence-electron chi connectivity index (χ3n) is 12.7. The minimum Gasteiger partial charge on any atom is -0.508 e. The fraction of sp³-hybridized carbons (Fsp3) is 0.481. The third-order valence-corrected chi connectivity index (χ3v) is 12.7. The number of primary amides is 1. The number of carbonyl (C=O) groups excluding carboxylic acids is 9. The van der Waals surface area contributed by atoms with Crippen molar-refractivity contribution in [1.29, 1.82) is 0 Å². The number of guanidine groups is 3. The zero-order valence-electron chi connectivity index (χ0n) is 47.2.